The van der Waals surface area contributed by atoms with Crippen molar-refractivity contribution in [1.29, 1.82) is 0 Å². The number of fused-ring (bicyclic) bond motifs is 1. The van der Waals surface area contributed by atoms with Gasteiger partial charge in [-0.2, -0.15) is 0 Å². The van der Waals surface area contributed by atoms with Crippen LogP contribution in [0.5, 0.6) is 0 Å². The number of aliphatic hydroxyl groups is 1. The van der Waals surface area contributed by atoms with Gasteiger partial charge in [-0.3, -0.25) is 4.79 Å². The van der Waals surface area contributed by atoms with Gasteiger partial charge in [0.1, 0.15) is 17.7 Å². The number of carbonyl (C=O) groups excluding carboxylic acids is 1. The lowest BCUT2D eigenvalue weighted by atomic mass is 9.81. The number of esters is 1. The maximum absolute atomic E-state index is 14.1. The van der Waals surface area contributed by atoms with Crippen LogP contribution in [-0.4, -0.2) is 17.2 Å². The lowest BCUT2D eigenvalue weighted by Crippen LogP contribution is -2.35. The van der Waals surface area contributed by atoms with E-state index >= 15 is 0 Å². The summed E-state index contributed by atoms with van der Waals surface area (Å²) in [5.74, 6) is -1.33. The van der Waals surface area contributed by atoms with Crippen molar-refractivity contribution in [3.05, 3.63) is 69.7 Å². The molecule has 1 aliphatic heterocycles. The second-order valence-corrected chi connectivity index (χ2v) is 6.38. The average molecular weight is 349 g/mol. The van der Waals surface area contributed by atoms with Gasteiger partial charge >= 0.3 is 5.97 Å². The number of hydrogen-bond donors (Lipinski definition) is 1. The molecule has 0 spiro atoms. The summed E-state index contributed by atoms with van der Waals surface area (Å²) in [6.07, 6.45) is 6.01. The zero-order valence-electron chi connectivity index (χ0n) is 13.3. The third kappa shape index (κ3) is 3.11. The van der Waals surface area contributed by atoms with E-state index in [1.54, 1.807) is 24.3 Å². The Hall–Kier alpha value is -2.07. The molecule has 126 valence electrons. The second kappa shape index (κ2) is 6.81. The summed E-state index contributed by atoms with van der Waals surface area (Å²) >= 11 is 6.11. The molecule has 1 aromatic carbocycles. The Bertz CT molecular complexity index is 744. The lowest BCUT2D eigenvalue weighted by molar-refractivity contribution is -0.150. The standard InChI is InChI=1S/C19H18ClFO3/c1-2-4-12-13-8-7-11(22)9-18(13)24-19(23)14(12)10-15-16(20)5-3-6-17(15)21/h3,5-9,14,18,22H,2,4,10H2,1H3. The number of rotatable bonds is 4. The van der Waals surface area contributed by atoms with E-state index in [1.165, 1.54) is 12.1 Å². The van der Waals surface area contributed by atoms with E-state index in [-0.39, 0.29) is 12.2 Å². The van der Waals surface area contributed by atoms with Crippen molar-refractivity contribution in [1.82, 2.24) is 0 Å². The van der Waals surface area contributed by atoms with Crippen LogP contribution >= 0.6 is 11.6 Å². The molecule has 1 N–H and O–H groups in total. The zero-order valence-corrected chi connectivity index (χ0v) is 14.0. The molecule has 0 amide bonds. The summed E-state index contributed by atoms with van der Waals surface area (Å²) in [6.45, 7) is 2.02. The van der Waals surface area contributed by atoms with Gasteiger partial charge in [0, 0.05) is 16.7 Å². The molecule has 0 radical (unpaired) electrons. The molecule has 2 aliphatic rings. The van der Waals surface area contributed by atoms with Crippen LogP contribution in [0.3, 0.4) is 0 Å². The molecule has 3 rings (SSSR count). The number of aliphatic hydroxyl groups excluding tert-OH is 1. The Balaban J connectivity index is 2.02. The predicted octanol–water partition coefficient (Wildman–Crippen LogP) is 4.67. The molecule has 2 atom stereocenters. The second-order valence-electron chi connectivity index (χ2n) is 5.97. The molecule has 0 saturated carbocycles. The minimum absolute atomic E-state index is 0.0722. The van der Waals surface area contributed by atoms with Crippen molar-refractivity contribution >= 4 is 17.6 Å². The van der Waals surface area contributed by atoms with Gasteiger partial charge in [0.05, 0.1) is 5.92 Å². The van der Waals surface area contributed by atoms with E-state index in [4.69, 9.17) is 16.3 Å². The minimum atomic E-state index is -0.573. The molecular weight excluding hydrogens is 331 g/mol. The van der Waals surface area contributed by atoms with Crippen LogP contribution < -0.4 is 0 Å². The monoisotopic (exact) mass is 348 g/mol. The summed E-state index contributed by atoms with van der Waals surface area (Å²) in [7, 11) is 0. The van der Waals surface area contributed by atoms with Crippen LogP contribution in [0.1, 0.15) is 25.3 Å². The predicted molar refractivity (Wildman–Crippen MR) is 90.3 cm³/mol. The largest absolute Gasteiger partial charge is 0.508 e. The van der Waals surface area contributed by atoms with Crippen LogP contribution in [0.25, 0.3) is 0 Å². The molecular formula is C19H18ClFO3. The Morgan fingerprint density at radius 1 is 1.33 bits per heavy atom. The average Bonchev–Trinajstić information content (AvgIpc) is 2.53. The highest BCUT2D eigenvalue weighted by atomic mass is 35.5. The van der Waals surface area contributed by atoms with Gasteiger partial charge in [0.15, 0.2) is 0 Å². The van der Waals surface area contributed by atoms with Gasteiger partial charge in [-0.05, 0) is 42.2 Å². The third-order valence-corrected chi connectivity index (χ3v) is 4.72. The SMILES string of the molecule is CCCC1=C2C=CC(O)=CC2OC(=O)C1Cc1c(F)cccc1Cl. The highest BCUT2D eigenvalue weighted by molar-refractivity contribution is 6.31. The molecule has 1 aliphatic carbocycles. The van der Waals surface area contributed by atoms with Gasteiger partial charge in [0.2, 0.25) is 0 Å². The van der Waals surface area contributed by atoms with E-state index in [1.807, 2.05) is 6.92 Å². The summed E-state index contributed by atoms with van der Waals surface area (Å²) < 4.78 is 19.6. The summed E-state index contributed by atoms with van der Waals surface area (Å²) in [4.78, 5) is 12.5. The van der Waals surface area contributed by atoms with Crippen molar-refractivity contribution < 1.29 is 19.0 Å². The van der Waals surface area contributed by atoms with Gasteiger partial charge in [-0.1, -0.05) is 37.1 Å². The Kier molecular flexibility index (Phi) is 4.76. The van der Waals surface area contributed by atoms with Crippen LogP contribution in [0.2, 0.25) is 5.02 Å². The van der Waals surface area contributed by atoms with Crippen LogP contribution in [0.4, 0.5) is 4.39 Å². The maximum Gasteiger partial charge on any atom is 0.314 e. The highest BCUT2D eigenvalue weighted by Crippen LogP contribution is 2.37. The van der Waals surface area contributed by atoms with E-state index in [9.17, 15) is 14.3 Å². The highest BCUT2D eigenvalue weighted by Gasteiger charge is 2.37. The zero-order chi connectivity index (χ0) is 17.3. The molecule has 0 fully saturated rings. The van der Waals surface area contributed by atoms with E-state index in [0.717, 1.165) is 17.6 Å². The van der Waals surface area contributed by atoms with Crippen LogP contribution in [0, 0.1) is 11.7 Å². The Labute approximate surface area is 145 Å². The van der Waals surface area contributed by atoms with Crippen molar-refractivity contribution in [2.45, 2.75) is 32.3 Å². The first-order valence-corrected chi connectivity index (χ1v) is 8.34. The molecule has 5 heteroatoms. The fourth-order valence-electron chi connectivity index (χ4n) is 3.23. The number of halogens is 2. The van der Waals surface area contributed by atoms with E-state index in [0.29, 0.717) is 17.0 Å². The summed E-state index contributed by atoms with van der Waals surface area (Å²) in [6, 6.07) is 4.50. The van der Waals surface area contributed by atoms with Crippen LogP contribution in [-0.2, 0) is 16.0 Å². The Morgan fingerprint density at radius 3 is 2.83 bits per heavy atom. The van der Waals surface area contributed by atoms with Crippen molar-refractivity contribution in [2.75, 3.05) is 0 Å². The smallest absolute Gasteiger partial charge is 0.314 e. The summed E-state index contributed by atoms with van der Waals surface area (Å²) in [5, 5.41) is 9.93. The number of ether oxygens (including phenoxy) is 1. The molecule has 3 nitrogen and oxygen atoms in total. The first kappa shape index (κ1) is 16.8. The quantitative estimate of drug-likeness (QED) is 0.804. The lowest BCUT2D eigenvalue weighted by Gasteiger charge is -2.32. The Morgan fingerprint density at radius 2 is 2.12 bits per heavy atom. The molecule has 0 bridgehead atoms. The number of benzene rings is 1. The maximum atomic E-state index is 14.1. The third-order valence-electron chi connectivity index (χ3n) is 4.37. The topological polar surface area (TPSA) is 46.5 Å². The van der Waals surface area contributed by atoms with Crippen molar-refractivity contribution in [3.8, 4) is 0 Å². The molecule has 0 aromatic heterocycles. The van der Waals surface area contributed by atoms with Gasteiger partial charge in [-0.25, -0.2) is 4.39 Å². The molecule has 0 saturated heterocycles. The minimum Gasteiger partial charge on any atom is -0.508 e. The normalized spacial score (nSPS) is 23.0. The molecule has 24 heavy (non-hydrogen) atoms. The number of hydrogen-bond acceptors (Lipinski definition) is 3. The molecule has 1 heterocycles. The van der Waals surface area contributed by atoms with E-state index < -0.39 is 23.8 Å². The van der Waals surface area contributed by atoms with Gasteiger partial charge in [-0.15, -0.1) is 0 Å². The number of carbonyl (C=O) groups is 1. The first-order chi connectivity index (χ1) is 11.5. The molecule has 2 unspecified atom stereocenters. The van der Waals surface area contributed by atoms with Gasteiger partial charge < -0.3 is 9.84 Å². The fourth-order valence-corrected chi connectivity index (χ4v) is 3.47. The van der Waals surface area contributed by atoms with Crippen molar-refractivity contribution in [2.24, 2.45) is 5.92 Å². The van der Waals surface area contributed by atoms with E-state index in [2.05, 4.69) is 0 Å². The first-order valence-electron chi connectivity index (χ1n) is 7.96. The number of allylic oxidation sites excluding steroid dienone is 1. The van der Waals surface area contributed by atoms with Crippen molar-refractivity contribution in [3.63, 3.8) is 0 Å². The fraction of sp³-hybridized carbons (Fsp3) is 0.316. The van der Waals surface area contributed by atoms with Gasteiger partial charge in [0.25, 0.3) is 0 Å². The summed E-state index contributed by atoms with van der Waals surface area (Å²) in [5.41, 5.74) is 2.12. The van der Waals surface area contributed by atoms with Crippen LogP contribution in [0.15, 0.2) is 53.3 Å². The molecule has 1 aromatic rings.